The van der Waals surface area contributed by atoms with Gasteiger partial charge in [-0.3, -0.25) is 4.79 Å². The van der Waals surface area contributed by atoms with E-state index in [4.69, 9.17) is 9.47 Å². The molecule has 0 aliphatic rings. The van der Waals surface area contributed by atoms with Crippen molar-refractivity contribution in [2.24, 2.45) is 5.92 Å². The van der Waals surface area contributed by atoms with Crippen LogP contribution in [-0.2, 0) is 32.1 Å². The summed E-state index contributed by atoms with van der Waals surface area (Å²) in [5, 5.41) is 5.44. The van der Waals surface area contributed by atoms with Crippen LogP contribution in [0, 0.1) is 5.92 Å². The molecule has 2 aromatic carbocycles. The Morgan fingerprint density at radius 1 is 0.917 bits per heavy atom. The third kappa shape index (κ3) is 11.2. The summed E-state index contributed by atoms with van der Waals surface area (Å²) < 4.78 is 10.6. The van der Waals surface area contributed by atoms with Crippen LogP contribution >= 0.6 is 0 Å². The van der Waals surface area contributed by atoms with Crippen LogP contribution in [0.3, 0.4) is 0 Å². The standard InChI is InChI=1S/C29H38N2O5.2H2/c1-4-5-6-13-18-35-28(33)26(20-23-14-9-7-10-15-23)30-27(32)25(19-22(2)3)31-29(34)36-21-24-16-11-8-12-17-24;;/h7-18,22,25-26H,4-6,19-21H2,1-3H3,(H,30,32)(H,31,34);2*1H/b18-13-;;/t25-,26-;;/m0../s1. The molecule has 0 saturated carbocycles. The van der Waals surface area contributed by atoms with Crippen molar-refractivity contribution in [3.05, 3.63) is 84.1 Å². The summed E-state index contributed by atoms with van der Waals surface area (Å²) in [5.41, 5.74) is 1.72. The van der Waals surface area contributed by atoms with Gasteiger partial charge in [-0.1, -0.05) is 87.9 Å². The van der Waals surface area contributed by atoms with E-state index < -0.39 is 30.1 Å². The summed E-state index contributed by atoms with van der Waals surface area (Å²) in [4.78, 5) is 38.5. The number of carbonyl (C=O) groups is 3. The number of alkyl carbamates (subject to hydrolysis) is 1. The Morgan fingerprint density at radius 3 is 2.17 bits per heavy atom. The highest BCUT2D eigenvalue weighted by molar-refractivity contribution is 5.90. The van der Waals surface area contributed by atoms with Gasteiger partial charge in [-0.15, -0.1) is 0 Å². The Hall–Kier alpha value is -3.61. The molecule has 0 heterocycles. The van der Waals surface area contributed by atoms with Crippen molar-refractivity contribution in [1.29, 1.82) is 0 Å². The van der Waals surface area contributed by atoms with Crippen LogP contribution in [0.2, 0.25) is 0 Å². The van der Waals surface area contributed by atoms with Gasteiger partial charge in [-0.25, -0.2) is 9.59 Å². The van der Waals surface area contributed by atoms with Crippen molar-refractivity contribution >= 4 is 18.0 Å². The molecule has 2 rings (SSSR count). The summed E-state index contributed by atoms with van der Waals surface area (Å²) in [5.74, 6) is -0.903. The van der Waals surface area contributed by atoms with Crippen LogP contribution in [0.25, 0.3) is 0 Å². The predicted octanol–water partition coefficient (Wildman–Crippen LogP) is 5.79. The molecule has 7 heteroatoms. The fourth-order valence-electron chi connectivity index (χ4n) is 3.51. The minimum atomic E-state index is -0.910. The number of amides is 2. The van der Waals surface area contributed by atoms with Crippen LogP contribution in [0.1, 0.15) is 60.4 Å². The number of ether oxygens (including phenoxy) is 2. The van der Waals surface area contributed by atoms with Gasteiger partial charge in [0.25, 0.3) is 0 Å². The third-order valence-electron chi connectivity index (χ3n) is 5.42. The lowest BCUT2D eigenvalue weighted by Gasteiger charge is -2.23. The van der Waals surface area contributed by atoms with E-state index in [1.165, 1.54) is 6.26 Å². The van der Waals surface area contributed by atoms with E-state index in [0.29, 0.717) is 6.42 Å². The van der Waals surface area contributed by atoms with E-state index in [0.717, 1.165) is 30.4 Å². The maximum Gasteiger partial charge on any atom is 0.408 e. The molecular formula is C29H42N2O5. The van der Waals surface area contributed by atoms with Gasteiger partial charge in [0.15, 0.2) is 0 Å². The van der Waals surface area contributed by atoms with Gasteiger partial charge in [0.05, 0.1) is 6.26 Å². The molecule has 0 aliphatic carbocycles. The van der Waals surface area contributed by atoms with Gasteiger partial charge in [-0.2, -0.15) is 0 Å². The Bertz CT molecular complexity index is 971. The molecule has 0 saturated heterocycles. The molecule has 198 valence electrons. The first-order chi connectivity index (χ1) is 17.4. The smallest absolute Gasteiger partial charge is 0.408 e. The van der Waals surface area contributed by atoms with Crippen LogP contribution < -0.4 is 10.6 Å². The SMILES string of the molecule is CCCC/C=C\OC(=O)[C@H](Cc1ccccc1)NC(=O)[C@H](CC(C)C)NC(=O)OCc1ccccc1.[HH].[HH]. The molecule has 0 unspecified atom stereocenters. The lowest BCUT2D eigenvalue weighted by molar-refractivity contribution is -0.143. The van der Waals surface area contributed by atoms with Gasteiger partial charge in [0.2, 0.25) is 5.91 Å². The number of nitrogens with one attached hydrogen (secondary N) is 2. The van der Waals surface area contributed by atoms with Gasteiger partial charge >= 0.3 is 12.1 Å². The average Bonchev–Trinajstić information content (AvgIpc) is 2.87. The second kappa shape index (κ2) is 16.1. The first-order valence-electron chi connectivity index (χ1n) is 12.6. The predicted molar refractivity (Wildman–Crippen MR) is 144 cm³/mol. The molecular weight excluding hydrogens is 456 g/mol. The van der Waals surface area contributed by atoms with Crippen molar-refractivity contribution in [3.8, 4) is 0 Å². The summed E-state index contributed by atoms with van der Waals surface area (Å²) in [6.45, 7) is 6.09. The summed E-state index contributed by atoms with van der Waals surface area (Å²) >= 11 is 0. The molecule has 36 heavy (non-hydrogen) atoms. The van der Waals surface area contributed by atoms with Crippen LogP contribution in [0.4, 0.5) is 4.79 Å². The molecule has 2 aromatic rings. The lowest BCUT2D eigenvalue weighted by Crippen LogP contribution is -2.52. The normalized spacial score (nSPS) is 12.7. The monoisotopic (exact) mass is 498 g/mol. The van der Waals surface area contributed by atoms with Gasteiger partial charge in [-0.05, 0) is 42.4 Å². The number of unbranched alkanes of at least 4 members (excludes halogenated alkanes) is 2. The highest BCUT2D eigenvalue weighted by Crippen LogP contribution is 2.10. The number of esters is 1. The Morgan fingerprint density at radius 2 is 1.56 bits per heavy atom. The lowest BCUT2D eigenvalue weighted by atomic mass is 10.0. The second-order valence-electron chi connectivity index (χ2n) is 9.09. The van der Waals surface area contributed by atoms with E-state index in [2.05, 4.69) is 17.6 Å². The second-order valence-corrected chi connectivity index (χ2v) is 9.09. The number of rotatable bonds is 14. The van der Waals surface area contributed by atoms with Crippen LogP contribution in [0.15, 0.2) is 73.0 Å². The molecule has 0 radical (unpaired) electrons. The first kappa shape index (κ1) is 28.6. The molecule has 0 aliphatic heterocycles. The molecule has 2 amide bonds. The molecule has 0 bridgehead atoms. The number of hydrogen-bond acceptors (Lipinski definition) is 5. The molecule has 0 spiro atoms. The molecule has 0 fully saturated rings. The maximum absolute atomic E-state index is 13.2. The fourth-order valence-corrected chi connectivity index (χ4v) is 3.51. The zero-order chi connectivity index (χ0) is 26.2. The maximum atomic E-state index is 13.2. The summed E-state index contributed by atoms with van der Waals surface area (Å²) in [7, 11) is 0. The quantitative estimate of drug-likeness (QED) is 0.195. The number of carbonyl (C=O) groups excluding carboxylic acids is 3. The topological polar surface area (TPSA) is 93.7 Å². The minimum Gasteiger partial charge on any atom is -0.445 e. The van der Waals surface area contributed by atoms with E-state index >= 15 is 0 Å². The summed E-state index contributed by atoms with van der Waals surface area (Å²) in [6, 6.07) is 16.9. The summed E-state index contributed by atoms with van der Waals surface area (Å²) in [6.07, 6.45) is 5.99. The van der Waals surface area contributed by atoms with Crippen molar-refractivity contribution in [3.63, 3.8) is 0 Å². The van der Waals surface area contributed by atoms with Gasteiger partial charge in [0.1, 0.15) is 18.7 Å². The molecule has 0 aromatic heterocycles. The minimum absolute atomic E-state index is 0. The van der Waals surface area contributed by atoms with Crippen molar-refractivity contribution in [2.45, 2.75) is 71.6 Å². The fraction of sp³-hybridized carbons (Fsp3) is 0.414. The Balaban J connectivity index is 0.00000684. The average molecular weight is 499 g/mol. The molecule has 7 nitrogen and oxygen atoms in total. The number of allylic oxidation sites excluding steroid dienone is 1. The van der Waals surface area contributed by atoms with E-state index in [-0.39, 0.29) is 21.8 Å². The number of hydrogen-bond donors (Lipinski definition) is 2. The van der Waals surface area contributed by atoms with Crippen molar-refractivity contribution < 1.29 is 26.7 Å². The van der Waals surface area contributed by atoms with Crippen LogP contribution in [0.5, 0.6) is 0 Å². The van der Waals surface area contributed by atoms with E-state index in [9.17, 15) is 14.4 Å². The first-order valence-corrected chi connectivity index (χ1v) is 12.6. The highest BCUT2D eigenvalue weighted by atomic mass is 16.5. The highest BCUT2D eigenvalue weighted by Gasteiger charge is 2.28. The van der Waals surface area contributed by atoms with Crippen molar-refractivity contribution in [2.75, 3.05) is 0 Å². The number of benzene rings is 2. The Labute approximate surface area is 217 Å². The van der Waals surface area contributed by atoms with E-state index in [1.807, 2.05) is 74.5 Å². The molecule has 2 atom stereocenters. The van der Waals surface area contributed by atoms with Gasteiger partial charge < -0.3 is 20.1 Å². The van der Waals surface area contributed by atoms with E-state index in [1.54, 1.807) is 6.08 Å². The van der Waals surface area contributed by atoms with Gasteiger partial charge in [0, 0.05) is 9.27 Å². The zero-order valence-corrected chi connectivity index (χ0v) is 21.4. The zero-order valence-electron chi connectivity index (χ0n) is 21.4. The van der Waals surface area contributed by atoms with Crippen molar-refractivity contribution in [1.82, 2.24) is 10.6 Å². The third-order valence-corrected chi connectivity index (χ3v) is 5.42. The molecule has 2 N–H and O–H groups in total. The van der Waals surface area contributed by atoms with Crippen LogP contribution in [-0.4, -0.2) is 30.1 Å². The Kier molecular flexibility index (Phi) is 12.8. The largest absolute Gasteiger partial charge is 0.445 e.